The van der Waals surface area contributed by atoms with Crippen LogP contribution in [0.5, 0.6) is 0 Å². The quantitative estimate of drug-likeness (QED) is 0.308. The van der Waals surface area contributed by atoms with Gasteiger partial charge in [-0.3, -0.25) is 0 Å². The Kier molecular flexibility index (Phi) is 6.24. The molecule has 1 aliphatic heterocycles. The zero-order valence-corrected chi connectivity index (χ0v) is 20.5. The fraction of sp³-hybridized carbons (Fsp3) is 0.391. The van der Waals surface area contributed by atoms with E-state index < -0.39 is 27.4 Å². The monoisotopic (exact) mass is 498 g/mol. The number of ether oxygens (including phenoxy) is 1. The topological polar surface area (TPSA) is 90.5 Å². The zero-order valence-electron chi connectivity index (χ0n) is 18.4. The van der Waals surface area contributed by atoms with Crippen molar-refractivity contribution in [2.45, 2.75) is 43.9 Å². The first-order valence-electron chi connectivity index (χ1n) is 10.7. The van der Waals surface area contributed by atoms with Gasteiger partial charge in [0.1, 0.15) is 0 Å². The number of rotatable bonds is 4. The third-order valence-electron chi connectivity index (χ3n) is 5.35. The molecule has 8 nitrogen and oxygen atoms in total. The molecule has 2 aromatic carbocycles. The number of nitro groups is 1. The fourth-order valence-corrected chi connectivity index (χ4v) is 7.18. The number of carbonyl (C=O) groups is 1. The van der Waals surface area contributed by atoms with E-state index in [9.17, 15) is 14.9 Å². The second-order valence-corrected chi connectivity index (χ2v) is 12.5. The minimum absolute atomic E-state index is 0.121. The van der Waals surface area contributed by atoms with Gasteiger partial charge in [-0.25, -0.2) is 0 Å². The summed E-state index contributed by atoms with van der Waals surface area (Å²) in [5.74, 6) is 0. The third kappa shape index (κ3) is 5.13. The van der Waals surface area contributed by atoms with Crippen LogP contribution in [0.2, 0.25) is 4.71 Å². The van der Waals surface area contributed by atoms with Crippen molar-refractivity contribution in [1.82, 2.24) is 9.78 Å². The van der Waals surface area contributed by atoms with Crippen molar-refractivity contribution in [2.75, 3.05) is 18.0 Å². The first-order valence-corrected chi connectivity index (χ1v) is 12.9. The summed E-state index contributed by atoms with van der Waals surface area (Å²) in [4.78, 5) is 25.3. The molecule has 0 spiro atoms. The van der Waals surface area contributed by atoms with Crippen LogP contribution in [0.25, 0.3) is 10.9 Å². The number of non-ortho nitro benzene ring substituents is 1. The van der Waals surface area contributed by atoms with E-state index in [0.717, 1.165) is 36.1 Å². The van der Waals surface area contributed by atoms with E-state index >= 15 is 0 Å². The SMILES string of the molecule is CC(C)(C)OC(=O)n1ncc2cc([AsH]C3CCCN(c4ccc([N+](=O)[O-])cc4)C3)ccc21. The maximum absolute atomic E-state index is 12.4. The van der Waals surface area contributed by atoms with Crippen molar-refractivity contribution in [2.24, 2.45) is 0 Å². The Morgan fingerprint density at radius 1 is 1.22 bits per heavy atom. The van der Waals surface area contributed by atoms with Gasteiger partial charge in [-0.1, -0.05) is 0 Å². The first kappa shape index (κ1) is 22.3. The molecule has 3 aromatic rings. The molecule has 2 atom stereocenters. The molecule has 1 fully saturated rings. The number of nitrogens with zero attached hydrogens (tertiary/aromatic N) is 4. The van der Waals surface area contributed by atoms with Gasteiger partial charge in [-0.2, -0.15) is 0 Å². The minimum atomic E-state index is -0.571. The molecule has 0 bridgehead atoms. The number of benzene rings is 2. The predicted molar refractivity (Wildman–Crippen MR) is 126 cm³/mol. The molecule has 1 saturated heterocycles. The van der Waals surface area contributed by atoms with Gasteiger partial charge < -0.3 is 0 Å². The molecule has 0 N–H and O–H groups in total. The van der Waals surface area contributed by atoms with Crippen molar-refractivity contribution < 1.29 is 14.5 Å². The van der Waals surface area contributed by atoms with Gasteiger partial charge in [0.05, 0.1) is 0 Å². The summed E-state index contributed by atoms with van der Waals surface area (Å²) >= 11 is -0.397. The summed E-state index contributed by atoms with van der Waals surface area (Å²) in [6.07, 6.45) is 3.56. The van der Waals surface area contributed by atoms with E-state index in [2.05, 4.69) is 22.1 Å². The van der Waals surface area contributed by atoms with Gasteiger partial charge >= 0.3 is 193 Å². The van der Waals surface area contributed by atoms with Crippen LogP contribution in [-0.4, -0.2) is 55.2 Å². The normalized spacial score (nSPS) is 17.2. The number of nitro benzene ring substituents is 1. The van der Waals surface area contributed by atoms with Crippen molar-refractivity contribution in [3.8, 4) is 0 Å². The van der Waals surface area contributed by atoms with E-state index in [1.54, 1.807) is 18.3 Å². The molecule has 0 aliphatic carbocycles. The Bertz CT molecular complexity index is 1140. The van der Waals surface area contributed by atoms with Crippen molar-refractivity contribution in [3.05, 3.63) is 58.8 Å². The predicted octanol–water partition coefficient (Wildman–Crippen LogP) is 3.88. The number of anilines is 1. The van der Waals surface area contributed by atoms with Crippen LogP contribution in [0.1, 0.15) is 33.6 Å². The van der Waals surface area contributed by atoms with Crippen LogP contribution in [-0.2, 0) is 4.74 Å². The van der Waals surface area contributed by atoms with Crippen LogP contribution in [0, 0.1) is 10.1 Å². The summed E-state index contributed by atoms with van der Waals surface area (Å²) in [5.41, 5.74) is 1.35. The summed E-state index contributed by atoms with van der Waals surface area (Å²) in [6, 6.07) is 13.1. The summed E-state index contributed by atoms with van der Waals surface area (Å²) in [5, 5.41) is 16.1. The molecule has 9 heteroatoms. The van der Waals surface area contributed by atoms with Gasteiger partial charge in [-0.15, -0.1) is 0 Å². The Labute approximate surface area is 193 Å². The number of aromatic nitrogens is 2. The summed E-state index contributed by atoms with van der Waals surface area (Å²) in [7, 11) is 0. The van der Waals surface area contributed by atoms with Gasteiger partial charge in [0.25, 0.3) is 0 Å². The van der Waals surface area contributed by atoms with Crippen LogP contribution >= 0.6 is 0 Å². The molecule has 2 unspecified atom stereocenters. The van der Waals surface area contributed by atoms with Gasteiger partial charge in [0, 0.05) is 0 Å². The molecule has 168 valence electrons. The number of hydrogen-bond acceptors (Lipinski definition) is 6. The van der Waals surface area contributed by atoms with Crippen molar-refractivity contribution in [1.29, 1.82) is 0 Å². The standard InChI is InChI=1S/C23H27AsN4O4/c1-23(2,3)32-22(29)27-21-11-6-17(13-16(21)14-25-27)24-18-5-4-12-26(15-18)19-7-9-20(10-8-19)28(30)31/h6-11,13-14,18,24H,4-5,12,15H2,1-3H3. The average molecular weight is 498 g/mol. The number of fused-ring (bicyclic) bond motifs is 1. The van der Waals surface area contributed by atoms with Crippen LogP contribution in [0.4, 0.5) is 16.2 Å². The Morgan fingerprint density at radius 3 is 2.66 bits per heavy atom. The molecule has 1 aromatic heterocycles. The molecule has 2 heterocycles. The van der Waals surface area contributed by atoms with E-state index in [-0.39, 0.29) is 10.6 Å². The molecule has 1 aliphatic rings. The van der Waals surface area contributed by atoms with Crippen LogP contribution in [0.3, 0.4) is 0 Å². The van der Waals surface area contributed by atoms with Gasteiger partial charge in [-0.05, 0) is 0 Å². The maximum atomic E-state index is 12.4. The van der Waals surface area contributed by atoms with Crippen LogP contribution in [0.15, 0.2) is 48.7 Å². The third-order valence-corrected chi connectivity index (χ3v) is 8.55. The fourth-order valence-electron chi connectivity index (χ4n) is 3.92. The molecule has 0 radical (unpaired) electrons. The number of carbonyl (C=O) groups excluding carboxylic acids is 1. The van der Waals surface area contributed by atoms with E-state index in [4.69, 9.17) is 4.74 Å². The van der Waals surface area contributed by atoms with Gasteiger partial charge in [0.2, 0.25) is 0 Å². The van der Waals surface area contributed by atoms with E-state index in [1.807, 2.05) is 39.0 Å². The molecule has 4 rings (SSSR count). The second kappa shape index (κ2) is 8.94. The molecule has 0 amide bonds. The first-order chi connectivity index (χ1) is 15.2. The average Bonchev–Trinajstić information content (AvgIpc) is 3.16. The summed E-state index contributed by atoms with van der Waals surface area (Å²) in [6.45, 7) is 7.45. The van der Waals surface area contributed by atoms with Gasteiger partial charge in [0.15, 0.2) is 0 Å². The molecule has 0 saturated carbocycles. The second-order valence-electron chi connectivity index (χ2n) is 9.01. The zero-order chi connectivity index (χ0) is 22.9. The van der Waals surface area contributed by atoms with Crippen molar-refractivity contribution in [3.63, 3.8) is 0 Å². The Balaban J connectivity index is 1.45. The Hall–Kier alpha value is -2.86. The summed E-state index contributed by atoms with van der Waals surface area (Å²) < 4.78 is 8.70. The van der Waals surface area contributed by atoms with Crippen LogP contribution < -0.4 is 9.25 Å². The number of piperidine rings is 1. The Morgan fingerprint density at radius 2 is 1.97 bits per heavy atom. The van der Waals surface area contributed by atoms with E-state index in [1.165, 1.54) is 15.5 Å². The van der Waals surface area contributed by atoms with Crippen molar-refractivity contribution >= 4 is 48.5 Å². The van der Waals surface area contributed by atoms with E-state index in [0.29, 0.717) is 4.71 Å². The number of hydrogen-bond donors (Lipinski definition) is 0. The molecular weight excluding hydrogens is 471 g/mol. The molecule has 32 heavy (non-hydrogen) atoms. The molecular formula is C23H27AsN4O4.